The molecule has 1 amide bonds. The lowest BCUT2D eigenvalue weighted by molar-refractivity contribution is -0.144. The van der Waals surface area contributed by atoms with Crippen LogP contribution in [0.4, 0.5) is 0 Å². The van der Waals surface area contributed by atoms with Gasteiger partial charge in [0.05, 0.1) is 18.7 Å². The van der Waals surface area contributed by atoms with E-state index in [0.29, 0.717) is 5.75 Å². The second-order valence-corrected chi connectivity index (χ2v) is 6.39. The Balaban J connectivity index is 1.55. The van der Waals surface area contributed by atoms with E-state index in [1.807, 2.05) is 61.5 Å². The summed E-state index contributed by atoms with van der Waals surface area (Å²) in [6, 6.07) is 16.6. The number of aromatic nitrogens is 1. The van der Waals surface area contributed by atoms with Gasteiger partial charge in [-0.15, -0.1) is 0 Å². The number of benzene rings is 2. The molecule has 0 fully saturated rings. The number of rotatable bonds is 7. The van der Waals surface area contributed by atoms with Crippen LogP contribution in [0.3, 0.4) is 0 Å². The van der Waals surface area contributed by atoms with E-state index in [1.165, 1.54) is 6.08 Å². The number of nitrogens with zero attached hydrogens (tertiary/aromatic N) is 1. The quantitative estimate of drug-likeness (QED) is 0.492. The molecular weight excluding hydrogens is 368 g/mol. The van der Waals surface area contributed by atoms with Gasteiger partial charge in [0.25, 0.3) is 5.91 Å². The molecule has 3 aromatic rings. The van der Waals surface area contributed by atoms with Crippen LogP contribution in [0, 0.1) is 0 Å². The predicted octanol–water partition coefficient (Wildman–Crippen LogP) is 3.68. The zero-order valence-corrected chi connectivity index (χ0v) is 16.3. The van der Waals surface area contributed by atoms with Gasteiger partial charge in [-0.25, -0.2) is 4.79 Å². The number of carbonyl (C=O) groups excluding carboxylic acids is 2. The Labute approximate surface area is 169 Å². The molecule has 29 heavy (non-hydrogen) atoms. The SMILES string of the molecule is COc1ccccc1C(C)NC(=O)COC(=O)C=Cc1cccc2cccnc12. The van der Waals surface area contributed by atoms with E-state index in [-0.39, 0.29) is 12.6 Å². The van der Waals surface area contributed by atoms with Gasteiger partial charge in [0.1, 0.15) is 5.75 Å². The maximum absolute atomic E-state index is 12.1. The number of hydrogen-bond acceptors (Lipinski definition) is 5. The second-order valence-electron chi connectivity index (χ2n) is 6.39. The number of carbonyl (C=O) groups is 2. The molecule has 148 valence electrons. The van der Waals surface area contributed by atoms with Crippen molar-refractivity contribution in [1.29, 1.82) is 0 Å². The fourth-order valence-electron chi connectivity index (χ4n) is 2.99. The average molecular weight is 390 g/mol. The van der Waals surface area contributed by atoms with E-state index in [2.05, 4.69) is 10.3 Å². The lowest BCUT2D eigenvalue weighted by Crippen LogP contribution is -2.31. The summed E-state index contributed by atoms with van der Waals surface area (Å²) in [5.41, 5.74) is 2.44. The molecule has 0 radical (unpaired) electrons. The summed E-state index contributed by atoms with van der Waals surface area (Å²) in [4.78, 5) is 28.4. The minimum absolute atomic E-state index is 0.283. The molecule has 0 saturated heterocycles. The number of nitrogens with one attached hydrogen (secondary N) is 1. The molecule has 1 atom stereocenters. The topological polar surface area (TPSA) is 77.5 Å². The molecule has 0 saturated carbocycles. The van der Waals surface area contributed by atoms with Crippen molar-refractivity contribution in [3.05, 3.63) is 78.0 Å². The van der Waals surface area contributed by atoms with E-state index in [0.717, 1.165) is 22.0 Å². The van der Waals surface area contributed by atoms with E-state index < -0.39 is 11.9 Å². The third-order valence-corrected chi connectivity index (χ3v) is 4.39. The molecule has 2 aromatic carbocycles. The van der Waals surface area contributed by atoms with Gasteiger partial charge in [-0.1, -0.05) is 42.5 Å². The fraction of sp³-hybridized carbons (Fsp3) is 0.174. The van der Waals surface area contributed by atoms with E-state index in [1.54, 1.807) is 19.4 Å². The molecular formula is C23H22N2O4. The maximum Gasteiger partial charge on any atom is 0.331 e. The summed E-state index contributed by atoms with van der Waals surface area (Å²) in [5, 5.41) is 3.77. The highest BCUT2D eigenvalue weighted by Crippen LogP contribution is 2.24. The van der Waals surface area contributed by atoms with E-state index in [9.17, 15) is 9.59 Å². The third-order valence-electron chi connectivity index (χ3n) is 4.39. The molecule has 6 heteroatoms. The average Bonchev–Trinajstić information content (AvgIpc) is 2.76. The number of para-hydroxylation sites is 2. The second kappa shape index (κ2) is 9.50. The highest BCUT2D eigenvalue weighted by atomic mass is 16.5. The Morgan fingerprint density at radius 3 is 2.72 bits per heavy atom. The molecule has 1 unspecified atom stereocenters. The van der Waals surface area contributed by atoms with Crippen LogP contribution >= 0.6 is 0 Å². The maximum atomic E-state index is 12.1. The van der Waals surface area contributed by atoms with Crippen LogP contribution in [0.15, 0.2) is 66.9 Å². The Bertz CT molecular complexity index is 1040. The van der Waals surface area contributed by atoms with Crippen molar-refractivity contribution in [3.63, 3.8) is 0 Å². The van der Waals surface area contributed by atoms with Gasteiger partial charge in [0.2, 0.25) is 0 Å². The molecule has 1 N–H and O–H groups in total. The van der Waals surface area contributed by atoms with Gasteiger partial charge in [0, 0.05) is 28.8 Å². The largest absolute Gasteiger partial charge is 0.496 e. The van der Waals surface area contributed by atoms with Gasteiger partial charge in [0.15, 0.2) is 6.61 Å². The fourth-order valence-corrected chi connectivity index (χ4v) is 2.99. The highest BCUT2D eigenvalue weighted by molar-refractivity contribution is 5.93. The predicted molar refractivity (Wildman–Crippen MR) is 111 cm³/mol. The van der Waals surface area contributed by atoms with Crippen molar-refractivity contribution < 1.29 is 19.1 Å². The molecule has 0 aliphatic carbocycles. The highest BCUT2D eigenvalue weighted by Gasteiger charge is 2.14. The van der Waals surface area contributed by atoms with Gasteiger partial charge < -0.3 is 14.8 Å². The van der Waals surface area contributed by atoms with Crippen LogP contribution in [-0.4, -0.2) is 30.6 Å². The Hall–Kier alpha value is -3.67. The molecule has 0 aliphatic rings. The number of methoxy groups -OCH3 is 1. The Morgan fingerprint density at radius 1 is 1.10 bits per heavy atom. The number of esters is 1. The molecule has 3 rings (SSSR count). The Morgan fingerprint density at radius 2 is 1.90 bits per heavy atom. The van der Waals surface area contributed by atoms with Gasteiger partial charge >= 0.3 is 5.97 Å². The third kappa shape index (κ3) is 5.19. The summed E-state index contributed by atoms with van der Waals surface area (Å²) in [5.74, 6) is -0.307. The van der Waals surface area contributed by atoms with E-state index >= 15 is 0 Å². The van der Waals surface area contributed by atoms with Crippen molar-refractivity contribution in [1.82, 2.24) is 10.3 Å². The van der Waals surface area contributed by atoms with Crippen LogP contribution < -0.4 is 10.1 Å². The van der Waals surface area contributed by atoms with Crippen molar-refractivity contribution in [3.8, 4) is 5.75 Å². The molecule has 0 aliphatic heterocycles. The lowest BCUT2D eigenvalue weighted by Gasteiger charge is -2.17. The van der Waals surface area contributed by atoms with Crippen molar-refractivity contribution >= 4 is 28.9 Å². The van der Waals surface area contributed by atoms with Crippen molar-refractivity contribution in [2.45, 2.75) is 13.0 Å². The van der Waals surface area contributed by atoms with Crippen LogP contribution in [0.2, 0.25) is 0 Å². The van der Waals surface area contributed by atoms with Gasteiger partial charge in [-0.05, 0) is 25.1 Å². The van der Waals surface area contributed by atoms with E-state index in [4.69, 9.17) is 9.47 Å². The van der Waals surface area contributed by atoms with Crippen LogP contribution in [0.25, 0.3) is 17.0 Å². The minimum Gasteiger partial charge on any atom is -0.496 e. The van der Waals surface area contributed by atoms with Gasteiger partial charge in [-0.3, -0.25) is 9.78 Å². The van der Waals surface area contributed by atoms with Crippen molar-refractivity contribution in [2.75, 3.05) is 13.7 Å². The van der Waals surface area contributed by atoms with Crippen molar-refractivity contribution in [2.24, 2.45) is 0 Å². The lowest BCUT2D eigenvalue weighted by atomic mass is 10.1. The molecule has 1 aromatic heterocycles. The zero-order valence-electron chi connectivity index (χ0n) is 16.3. The number of hydrogen-bond donors (Lipinski definition) is 1. The van der Waals surface area contributed by atoms with Crippen LogP contribution in [0.5, 0.6) is 5.75 Å². The summed E-state index contributed by atoms with van der Waals surface area (Å²) in [7, 11) is 1.58. The molecule has 0 spiro atoms. The number of ether oxygens (including phenoxy) is 2. The number of fused-ring (bicyclic) bond motifs is 1. The van der Waals surface area contributed by atoms with Gasteiger partial charge in [-0.2, -0.15) is 0 Å². The molecule has 0 bridgehead atoms. The normalized spacial score (nSPS) is 11.9. The summed E-state index contributed by atoms with van der Waals surface area (Å²) in [6.45, 7) is 1.47. The summed E-state index contributed by atoms with van der Waals surface area (Å²) < 4.78 is 10.3. The first-order chi connectivity index (χ1) is 14.1. The standard InChI is InChI=1S/C23H22N2O4/c1-16(19-10-3-4-11-20(19)28-2)25-21(26)15-29-22(27)13-12-18-8-5-7-17-9-6-14-24-23(17)18/h3-14,16H,15H2,1-2H3,(H,25,26). The first-order valence-corrected chi connectivity index (χ1v) is 9.19. The monoisotopic (exact) mass is 390 g/mol. The smallest absolute Gasteiger partial charge is 0.331 e. The molecule has 1 heterocycles. The Kier molecular flexibility index (Phi) is 6.58. The van der Waals surface area contributed by atoms with Crippen LogP contribution in [0.1, 0.15) is 24.1 Å². The first kappa shape index (κ1) is 20.1. The molecule has 6 nitrogen and oxygen atoms in total. The number of pyridine rings is 1. The van der Waals surface area contributed by atoms with Crippen LogP contribution in [-0.2, 0) is 14.3 Å². The zero-order chi connectivity index (χ0) is 20.6. The number of amides is 1. The first-order valence-electron chi connectivity index (χ1n) is 9.19. The summed E-state index contributed by atoms with van der Waals surface area (Å²) in [6.07, 6.45) is 4.62. The minimum atomic E-state index is -0.599. The summed E-state index contributed by atoms with van der Waals surface area (Å²) >= 11 is 0.